The summed E-state index contributed by atoms with van der Waals surface area (Å²) in [6, 6.07) is 4.13. The highest BCUT2D eigenvalue weighted by molar-refractivity contribution is 6.31. The van der Waals surface area contributed by atoms with Crippen molar-refractivity contribution in [2.24, 2.45) is 11.8 Å². The molecule has 2 fully saturated rings. The number of amides is 2. The van der Waals surface area contributed by atoms with Crippen molar-refractivity contribution in [1.82, 2.24) is 34.2 Å². The van der Waals surface area contributed by atoms with Crippen molar-refractivity contribution >= 4 is 34.7 Å². The molecule has 0 spiro atoms. The highest BCUT2D eigenvalue weighted by Crippen LogP contribution is 2.37. The molecule has 0 radical (unpaired) electrons. The van der Waals surface area contributed by atoms with Crippen LogP contribution in [0.3, 0.4) is 0 Å². The molecular weight excluding hydrogens is 558 g/mol. The minimum absolute atomic E-state index is 0.0959. The van der Waals surface area contributed by atoms with E-state index in [0.717, 1.165) is 18.7 Å². The summed E-state index contributed by atoms with van der Waals surface area (Å²) >= 11 is 6.21. The molecule has 2 saturated heterocycles. The molecule has 2 aliphatic heterocycles. The maximum absolute atomic E-state index is 13.4. The van der Waals surface area contributed by atoms with Crippen molar-refractivity contribution in [1.29, 1.82) is 0 Å². The molecule has 14 heteroatoms. The number of carbonyl (C=O) groups excluding carboxylic acids is 2. The highest BCUT2D eigenvalue weighted by atomic mass is 35.5. The topological polar surface area (TPSA) is 110 Å². The Kier molecular flexibility index (Phi) is 7.08. The van der Waals surface area contributed by atoms with Crippen molar-refractivity contribution in [2.75, 3.05) is 38.5 Å². The molecule has 2 aliphatic rings. The molecule has 2 amide bonds. The number of halogens is 3. The second kappa shape index (κ2) is 10.7. The molecule has 0 aliphatic carbocycles. The molecule has 0 bridgehead atoms. The number of carbonyl (C=O) groups is 2. The zero-order valence-corrected chi connectivity index (χ0v) is 23.1. The van der Waals surface area contributed by atoms with Gasteiger partial charge in [-0.05, 0) is 49.6 Å². The molecule has 1 N–H and O–H groups in total. The largest absolute Gasteiger partial charge is 0.434 e. The van der Waals surface area contributed by atoms with Crippen LogP contribution in [0.15, 0.2) is 43.0 Å². The summed E-state index contributed by atoms with van der Waals surface area (Å²) in [4.78, 5) is 35.0. The van der Waals surface area contributed by atoms with Gasteiger partial charge in [0, 0.05) is 55.4 Å². The average molecular weight is 585 g/mol. The van der Waals surface area contributed by atoms with E-state index >= 15 is 0 Å². The van der Waals surface area contributed by atoms with E-state index in [2.05, 4.69) is 32.4 Å². The molecule has 0 saturated carbocycles. The summed E-state index contributed by atoms with van der Waals surface area (Å²) in [5.41, 5.74) is 1.82. The highest BCUT2D eigenvalue weighted by Gasteiger charge is 2.40. The first-order valence-corrected chi connectivity index (χ1v) is 13.4. The van der Waals surface area contributed by atoms with Gasteiger partial charge in [0.25, 0.3) is 5.91 Å². The van der Waals surface area contributed by atoms with Crippen LogP contribution in [0.25, 0.3) is 16.9 Å². The Balaban J connectivity index is 1.32. The summed E-state index contributed by atoms with van der Waals surface area (Å²) in [6.07, 6.45) is 6.23. The van der Waals surface area contributed by atoms with Crippen molar-refractivity contribution in [3.63, 3.8) is 0 Å². The Morgan fingerprint density at radius 1 is 1.15 bits per heavy atom. The third kappa shape index (κ3) is 5.46. The number of fused-ring (bicyclic) bond motifs is 2. The lowest BCUT2D eigenvalue weighted by Crippen LogP contribution is -2.34. The van der Waals surface area contributed by atoms with Crippen LogP contribution < -0.4 is 10.1 Å². The number of benzene rings is 1. The second-order valence-electron chi connectivity index (χ2n) is 10.6. The van der Waals surface area contributed by atoms with Crippen LogP contribution in [0.4, 0.5) is 14.5 Å². The zero-order valence-electron chi connectivity index (χ0n) is 22.3. The Hall–Kier alpha value is -4.10. The maximum Gasteiger partial charge on any atom is 0.387 e. The third-order valence-electron chi connectivity index (χ3n) is 7.47. The normalized spacial score (nSPS) is 18.8. The SMILES string of the molecule is Cc1cnc2c(C(=O)Nc3cn(CC(=O)N4C[C@H]5CN(C)C[C@H]5C4)nc3-c3cc(Cl)ccc3OC(F)F)cnn2c1. The summed E-state index contributed by atoms with van der Waals surface area (Å²) in [5, 5.41) is 11.8. The second-order valence-corrected chi connectivity index (χ2v) is 11.0. The lowest BCUT2D eigenvalue weighted by atomic mass is 10.0. The number of ether oxygens (including phenoxy) is 1. The molecule has 1 aromatic carbocycles. The fraction of sp³-hybridized carbons (Fsp3) is 0.370. The smallest absolute Gasteiger partial charge is 0.387 e. The molecule has 11 nitrogen and oxygen atoms in total. The van der Waals surface area contributed by atoms with Gasteiger partial charge in [0.1, 0.15) is 23.6 Å². The van der Waals surface area contributed by atoms with E-state index in [1.807, 2.05) is 11.8 Å². The van der Waals surface area contributed by atoms with Crippen molar-refractivity contribution in [3.8, 4) is 17.0 Å². The van der Waals surface area contributed by atoms with Gasteiger partial charge in [0.15, 0.2) is 5.65 Å². The van der Waals surface area contributed by atoms with Crippen LogP contribution in [-0.4, -0.2) is 85.8 Å². The van der Waals surface area contributed by atoms with Gasteiger partial charge in [-0.1, -0.05) is 11.6 Å². The Morgan fingerprint density at radius 2 is 1.90 bits per heavy atom. The number of hydrogen-bond donors (Lipinski definition) is 1. The fourth-order valence-corrected chi connectivity index (χ4v) is 5.84. The van der Waals surface area contributed by atoms with Crippen LogP contribution >= 0.6 is 11.6 Å². The first-order valence-electron chi connectivity index (χ1n) is 13.0. The molecule has 6 rings (SSSR count). The monoisotopic (exact) mass is 584 g/mol. The lowest BCUT2D eigenvalue weighted by molar-refractivity contribution is -0.131. The molecule has 41 heavy (non-hydrogen) atoms. The predicted molar refractivity (Wildman–Crippen MR) is 146 cm³/mol. The fourth-order valence-electron chi connectivity index (χ4n) is 5.67. The van der Waals surface area contributed by atoms with Gasteiger partial charge < -0.3 is 19.9 Å². The zero-order chi connectivity index (χ0) is 28.8. The van der Waals surface area contributed by atoms with Gasteiger partial charge >= 0.3 is 6.61 Å². The minimum atomic E-state index is -3.10. The van der Waals surface area contributed by atoms with Crippen LogP contribution in [0.2, 0.25) is 5.02 Å². The van der Waals surface area contributed by atoms with E-state index in [4.69, 9.17) is 16.3 Å². The van der Waals surface area contributed by atoms with Crippen molar-refractivity contribution in [2.45, 2.75) is 20.1 Å². The molecule has 214 valence electrons. The molecule has 0 unspecified atom stereocenters. The Bertz CT molecular complexity index is 1630. The van der Waals surface area contributed by atoms with Gasteiger partial charge in [0.2, 0.25) is 5.91 Å². The van der Waals surface area contributed by atoms with Gasteiger partial charge in [-0.3, -0.25) is 14.3 Å². The summed E-state index contributed by atoms with van der Waals surface area (Å²) in [7, 11) is 2.08. The molecular formula is C27H27ClF2N8O3. The quantitative estimate of drug-likeness (QED) is 0.354. The van der Waals surface area contributed by atoms with Crippen LogP contribution in [-0.2, 0) is 11.3 Å². The van der Waals surface area contributed by atoms with Crippen LogP contribution in [0.5, 0.6) is 5.75 Å². The average Bonchev–Trinajstić information content (AvgIpc) is 3.67. The standard InChI is InChI=1S/C27H27ClF2N8O3/c1-15-6-31-25-20(7-32-38(25)8-15)26(40)33-21-13-37(14-23(39)36-11-16-9-35(2)10-17(16)12-36)34-24(21)19-5-18(28)3-4-22(19)41-27(29)30/h3-8,13,16-17,27H,9-12,14H2,1-2H3,(H,33,40)/t16-,17+. The van der Waals surface area contributed by atoms with E-state index in [-0.39, 0.29) is 45.7 Å². The Morgan fingerprint density at radius 3 is 2.63 bits per heavy atom. The number of rotatable bonds is 7. The number of nitrogens with zero attached hydrogens (tertiary/aromatic N) is 7. The van der Waals surface area contributed by atoms with Crippen LogP contribution in [0.1, 0.15) is 15.9 Å². The number of nitrogens with one attached hydrogen (secondary N) is 1. The maximum atomic E-state index is 13.4. The molecule has 5 heterocycles. The summed E-state index contributed by atoms with van der Waals surface area (Å²) in [6.45, 7) is 1.92. The number of likely N-dealkylation sites (tertiary alicyclic amines) is 2. The van der Waals surface area contributed by atoms with E-state index in [9.17, 15) is 18.4 Å². The van der Waals surface area contributed by atoms with Gasteiger partial charge in [-0.25, -0.2) is 9.50 Å². The van der Waals surface area contributed by atoms with E-state index in [1.54, 1.807) is 12.4 Å². The van der Waals surface area contributed by atoms with Crippen LogP contribution in [0, 0.1) is 18.8 Å². The van der Waals surface area contributed by atoms with E-state index in [0.29, 0.717) is 30.6 Å². The Labute approximate surface area is 238 Å². The first kappa shape index (κ1) is 27.1. The number of hydrogen-bond acceptors (Lipinski definition) is 7. The lowest BCUT2D eigenvalue weighted by Gasteiger charge is -2.19. The minimum Gasteiger partial charge on any atom is -0.434 e. The first-order chi connectivity index (χ1) is 19.6. The van der Waals surface area contributed by atoms with E-state index < -0.39 is 12.5 Å². The number of alkyl halides is 2. The third-order valence-corrected chi connectivity index (χ3v) is 7.71. The number of aryl methyl sites for hydroxylation is 1. The summed E-state index contributed by atoms with van der Waals surface area (Å²) in [5.74, 6) is 0.0391. The number of anilines is 1. The van der Waals surface area contributed by atoms with Crippen molar-refractivity contribution < 1.29 is 23.1 Å². The van der Waals surface area contributed by atoms with E-state index in [1.165, 1.54) is 39.8 Å². The number of aromatic nitrogens is 5. The predicted octanol–water partition coefficient (Wildman–Crippen LogP) is 3.43. The van der Waals surface area contributed by atoms with Gasteiger partial charge in [-0.15, -0.1) is 0 Å². The molecule has 3 aromatic heterocycles. The molecule has 2 atom stereocenters. The molecule has 4 aromatic rings. The van der Waals surface area contributed by atoms with Gasteiger partial charge in [-0.2, -0.15) is 19.0 Å². The van der Waals surface area contributed by atoms with Gasteiger partial charge in [0.05, 0.1) is 11.9 Å². The van der Waals surface area contributed by atoms with Crippen molar-refractivity contribution in [3.05, 3.63) is 59.1 Å². The summed E-state index contributed by atoms with van der Waals surface area (Å²) < 4.78 is 34.1.